The van der Waals surface area contributed by atoms with Crippen LogP contribution in [-0.2, 0) is 0 Å². The van der Waals surface area contributed by atoms with Gasteiger partial charge in [0, 0.05) is 6.07 Å². The van der Waals surface area contributed by atoms with Crippen LogP contribution in [0.4, 0.5) is 5.69 Å². The van der Waals surface area contributed by atoms with E-state index in [-0.39, 0.29) is 10.6 Å². The zero-order valence-corrected chi connectivity index (χ0v) is 12.9. The molecule has 0 bridgehead atoms. The molecule has 2 aromatic heterocycles. The molecule has 0 aliphatic carbocycles. The topological polar surface area (TPSA) is 106 Å². The first-order valence-corrected chi connectivity index (χ1v) is 7.57. The van der Waals surface area contributed by atoms with Crippen LogP contribution < -0.4 is 0 Å². The maximum Gasteiger partial charge on any atom is 0.347 e. The van der Waals surface area contributed by atoms with Crippen LogP contribution in [0, 0.1) is 10.1 Å². The second-order valence-corrected chi connectivity index (χ2v) is 5.74. The van der Waals surface area contributed by atoms with E-state index in [1.54, 1.807) is 42.5 Å². The average Bonchev–Trinajstić information content (AvgIpc) is 3.22. The Balaban J connectivity index is 1.84. The number of aromatic carboxylic acids is 1. The van der Waals surface area contributed by atoms with E-state index in [0.29, 0.717) is 22.1 Å². The second-order valence-electron chi connectivity index (χ2n) is 4.68. The van der Waals surface area contributed by atoms with Gasteiger partial charge in [-0.05, 0) is 30.4 Å². The molecule has 0 atom stereocenters. The molecule has 0 fully saturated rings. The lowest BCUT2D eigenvalue weighted by atomic mass is 10.1. The number of rotatable bonds is 5. The number of carbonyl (C=O) groups is 1. The first-order valence-electron chi connectivity index (χ1n) is 6.75. The predicted molar refractivity (Wildman–Crippen MR) is 88.8 cm³/mol. The molecule has 0 radical (unpaired) electrons. The summed E-state index contributed by atoms with van der Waals surface area (Å²) in [6.07, 6.45) is 4.54. The van der Waals surface area contributed by atoms with Crippen molar-refractivity contribution in [1.29, 1.82) is 0 Å². The fourth-order valence-electron chi connectivity index (χ4n) is 2.05. The molecule has 1 N–H and O–H groups in total. The maximum atomic E-state index is 11.1. The van der Waals surface area contributed by atoms with Crippen molar-refractivity contribution < 1.29 is 19.2 Å². The number of aromatic nitrogens is 1. The lowest BCUT2D eigenvalue weighted by Crippen LogP contribution is -1.90. The van der Waals surface area contributed by atoms with Crippen LogP contribution in [-0.4, -0.2) is 21.0 Å². The first kappa shape index (κ1) is 15.6. The summed E-state index contributed by atoms with van der Waals surface area (Å²) in [6, 6.07) is 9.64. The Hall–Kier alpha value is -3.26. The second kappa shape index (κ2) is 6.47. The number of nitro benzene ring substituents is 1. The van der Waals surface area contributed by atoms with Gasteiger partial charge in [0.2, 0.25) is 0 Å². The Bertz CT molecular complexity index is 941. The third-order valence-electron chi connectivity index (χ3n) is 3.12. The molecular weight excluding hydrogens is 332 g/mol. The van der Waals surface area contributed by atoms with Crippen LogP contribution in [0.1, 0.15) is 20.4 Å². The summed E-state index contributed by atoms with van der Waals surface area (Å²) >= 11 is 1.04. The Labute approximate surface area is 139 Å². The summed E-state index contributed by atoms with van der Waals surface area (Å²) in [5.41, 5.74) is 0.359. The number of nitro groups is 1. The monoisotopic (exact) mass is 342 g/mol. The minimum absolute atomic E-state index is 0.0339. The Morgan fingerprint density at radius 2 is 2.04 bits per heavy atom. The number of thiazole rings is 1. The van der Waals surface area contributed by atoms with Crippen LogP contribution in [0.15, 0.2) is 47.0 Å². The molecule has 0 amide bonds. The lowest BCUT2D eigenvalue weighted by Gasteiger charge is -1.98. The van der Waals surface area contributed by atoms with Crippen LogP contribution in [0.3, 0.4) is 0 Å². The van der Waals surface area contributed by atoms with E-state index in [4.69, 9.17) is 9.52 Å². The molecule has 120 valence electrons. The lowest BCUT2D eigenvalue weighted by molar-refractivity contribution is -0.384. The smallest absolute Gasteiger partial charge is 0.347 e. The normalized spacial score (nSPS) is 11.0. The van der Waals surface area contributed by atoms with E-state index in [9.17, 15) is 14.9 Å². The number of carboxylic acids is 1. The van der Waals surface area contributed by atoms with E-state index < -0.39 is 10.9 Å². The van der Waals surface area contributed by atoms with Crippen molar-refractivity contribution in [2.24, 2.45) is 0 Å². The van der Waals surface area contributed by atoms with E-state index in [1.807, 2.05) is 0 Å². The molecule has 0 aliphatic heterocycles. The molecule has 1 aromatic carbocycles. The van der Waals surface area contributed by atoms with Crippen LogP contribution >= 0.6 is 11.3 Å². The van der Waals surface area contributed by atoms with Crippen molar-refractivity contribution in [3.05, 3.63) is 68.4 Å². The van der Waals surface area contributed by atoms with Gasteiger partial charge in [-0.3, -0.25) is 10.1 Å². The number of hydrogen-bond acceptors (Lipinski definition) is 6. The highest BCUT2D eigenvalue weighted by Gasteiger charge is 2.16. The largest absolute Gasteiger partial charge is 0.477 e. The van der Waals surface area contributed by atoms with Gasteiger partial charge in [0.15, 0.2) is 0 Å². The molecule has 0 unspecified atom stereocenters. The van der Waals surface area contributed by atoms with Crippen LogP contribution in [0.25, 0.3) is 23.5 Å². The van der Waals surface area contributed by atoms with Gasteiger partial charge in [-0.15, -0.1) is 11.3 Å². The van der Waals surface area contributed by atoms with Crippen molar-refractivity contribution in [2.75, 3.05) is 0 Å². The Morgan fingerprint density at radius 3 is 2.75 bits per heavy atom. The number of furan rings is 1. The Kier molecular flexibility index (Phi) is 4.21. The number of para-hydroxylation sites is 1. The van der Waals surface area contributed by atoms with Crippen LogP contribution in [0.5, 0.6) is 0 Å². The van der Waals surface area contributed by atoms with Crippen molar-refractivity contribution in [2.45, 2.75) is 0 Å². The summed E-state index contributed by atoms with van der Waals surface area (Å²) in [5.74, 6) is -0.161. The van der Waals surface area contributed by atoms with Gasteiger partial charge < -0.3 is 9.52 Å². The summed E-state index contributed by atoms with van der Waals surface area (Å²) < 4.78 is 5.61. The van der Waals surface area contributed by atoms with Gasteiger partial charge >= 0.3 is 5.97 Å². The van der Waals surface area contributed by atoms with E-state index in [2.05, 4.69) is 4.98 Å². The van der Waals surface area contributed by atoms with E-state index in [1.165, 1.54) is 12.3 Å². The van der Waals surface area contributed by atoms with Gasteiger partial charge in [-0.1, -0.05) is 12.1 Å². The zero-order chi connectivity index (χ0) is 17.1. The highest BCUT2D eigenvalue weighted by molar-refractivity contribution is 7.14. The molecule has 0 spiro atoms. The molecule has 0 saturated heterocycles. The van der Waals surface area contributed by atoms with Crippen molar-refractivity contribution in [3.8, 4) is 11.3 Å². The SMILES string of the molecule is O=C(O)c1cnc(/C=C/c2ccc(-c3ccccc3[N+](=O)[O-])o2)s1. The van der Waals surface area contributed by atoms with Crippen molar-refractivity contribution >= 4 is 35.1 Å². The van der Waals surface area contributed by atoms with Gasteiger partial charge in [-0.2, -0.15) is 0 Å². The van der Waals surface area contributed by atoms with E-state index in [0.717, 1.165) is 11.3 Å². The highest BCUT2D eigenvalue weighted by Crippen LogP contribution is 2.31. The molecular formula is C16H10N2O5S. The van der Waals surface area contributed by atoms with Crippen LogP contribution in [0.2, 0.25) is 0 Å². The fourth-order valence-corrected chi connectivity index (χ4v) is 2.70. The van der Waals surface area contributed by atoms with Gasteiger partial charge in [0.1, 0.15) is 21.4 Å². The number of carboxylic acid groups (broad SMARTS) is 1. The molecule has 3 aromatic rings. The quantitative estimate of drug-likeness (QED) is 0.550. The summed E-state index contributed by atoms with van der Waals surface area (Å²) in [6.45, 7) is 0. The summed E-state index contributed by atoms with van der Waals surface area (Å²) in [7, 11) is 0. The number of benzene rings is 1. The minimum Gasteiger partial charge on any atom is -0.477 e. The maximum absolute atomic E-state index is 11.1. The summed E-state index contributed by atoms with van der Waals surface area (Å²) in [4.78, 5) is 25.5. The number of nitrogens with zero attached hydrogens (tertiary/aromatic N) is 2. The van der Waals surface area contributed by atoms with E-state index >= 15 is 0 Å². The summed E-state index contributed by atoms with van der Waals surface area (Å²) in [5, 5.41) is 20.4. The van der Waals surface area contributed by atoms with Gasteiger partial charge in [0.05, 0.1) is 16.7 Å². The average molecular weight is 342 g/mol. The third kappa shape index (κ3) is 3.23. The fraction of sp³-hybridized carbons (Fsp3) is 0. The molecule has 8 heteroatoms. The third-order valence-corrected chi connectivity index (χ3v) is 4.07. The molecule has 7 nitrogen and oxygen atoms in total. The molecule has 2 heterocycles. The molecule has 0 aliphatic rings. The highest BCUT2D eigenvalue weighted by atomic mass is 32.1. The van der Waals surface area contributed by atoms with Gasteiger partial charge in [0.25, 0.3) is 5.69 Å². The standard InChI is InChI=1S/C16H10N2O5S/c19-16(20)14-9-17-15(24-14)8-6-10-5-7-13(23-10)11-3-1-2-4-12(11)18(21)22/h1-9H,(H,19,20)/b8-6+. The minimum atomic E-state index is -1.02. The van der Waals surface area contributed by atoms with Crippen molar-refractivity contribution in [1.82, 2.24) is 4.98 Å². The Morgan fingerprint density at radius 1 is 1.25 bits per heavy atom. The molecule has 0 saturated carbocycles. The molecule has 3 rings (SSSR count). The predicted octanol–water partition coefficient (Wildman–Crippen LogP) is 4.18. The first-order chi connectivity index (χ1) is 11.5. The van der Waals surface area contributed by atoms with Gasteiger partial charge in [-0.25, -0.2) is 9.78 Å². The zero-order valence-electron chi connectivity index (χ0n) is 12.1. The van der Waals surface area contributed by atoms with Crippen molar-refractivity contribution in [3.63, 3.8) is 0 Å². The number of hydrogen-bond donors (Lipinski definition) is 1. The molecule has 24 heavy (non-hydrogen) atoms.